The van der Waals surface area contributed by atoms with Gasteiger partial charge in [-0.2, -0.15) is 5.10 Å². The maximum atomic E-state index is 13.6. The van der Waals surface area contributed by atoms with Crippen LogP contribution in [0.1, 0.15) is 19.4 Å². The van der Waals surface area contributed by atoms with Crippen LogP contribution in [-0.4, -0.2) is 16.3 Å². The van der Waals surface area contributed by atoms with Crippen molar-refractivity contribution in [2.45, 2.75) is 20.4 Å². The third kappa shape index (κ3) is 4.11. The van der Waals surface area contributed by atoms with Gasteiger partial charge in [0.15, 0.2) is 0 Å². The smallest absolute Gasteiger partial charge is 0.269 e. The molecule has 0 amide bonds. The number of nitrogens with zero attached hydrogens (tertiary/aromatic N) is 2. The van der Waals surface area contributed by atoms with Gasteiger partial charge in [0.05, 0.1) is 18.4 Å². The first kappa shape index (κ1) is 15.2. The largest absolute Gasteiger partial charge is 0.383 e. The summed E-state index contributed by atoms with van der Waals surface area (Å²) in [5, 5.41) is 7.09. The van der Waals surface area contributed by atoms with Crippen molar-refractivity contribution in [1.29, 1.82) is 0 Å². The lowest BCUT2D eigenvalue weighted by molar-refractivity contribution is 0.551. The Bertz CT molecular complexity index is 683. The summed E-state index contributed by atoms with van der Waals surface area (Å²) in [6.07, 6.45) is 1.52. The summed E-state index contributed by atoms with van der Waals surface area (Å²) in [4.78, 5) is 11.9. The molecular weight excluding hydrogens is 276 g/mol. The molecule has 0 aliphatic carbocycles. The van der Waals surface area contributed by atoms with Gasteiger partial charge in [0, 0.05) is 24.2 Å². The lowest BCUT2D eigenvalue weighted by Gasteiger charge is -2.10. The number of hydrogen-bond donors (Lipinski definition) is 1. The van der Waals surface area contributed by atoms with E-state index in [1.54, 1.807) is 0 Å². The Morgan fingerprint density at radius 1 is 1.29 bits per heavy atom. The standard InChI is InChI=1S/C15H17F2N3O/c1-10(2)7-18-13-6-15(21)20(19-8-13)9-11-3-4-12(16)5-14(11)17/h3-6,8,10,18H,7,9H2,1-2H3. The molecule has 1 aromatic heterocycles. The normalized spacial score (nSPS) is 10.9. The topological polar surface area (TPSA) is 46.9 Å². The second kappa shape index (κ2) is 6.47. The fourth-order valence-electron chi connectivity index (χ4n) is 1.78. The van der Waals surface area contributed by atoms with E-state index in [1.807, 2.05) is 0 Å². The maximum absolute atomic E-state index is 13.6. The van der Waals surface area contributed by atoms with E-state index in [-0.39, 0.29) is 17.7 Å². The van der Waals surface area contributed by atoms with Crippen LogP contribution in [0.15, 0.2) is 35.3 Å². The zero-order valence-corrected chi connectivity index (χ0v) is 11.9. The number of hydrogen-bond acceptors (Lipinski definition) is 3. The summed E-state index contributed by atoms with van der Waals surface area (Å²) in [6.45, 7) is 4.81. The molecule has 0 aliphatic rings. The SMILES string of the molecule is CC(C)CNc1cnn(Cc2ccc(F)cc2F)c(=O)c1. The molecule has 0 fully saturated rings. The summed E-state index contributed by atoms with van der Waals surface area (Å²) in [5.41, 5.74) is 0.505. The van der Waals surface area contributed by atoms with E-state index >= 15 is 0 Å². The van der Waals surface area contributed by atoms with Crippen LogP contribution in [0.5, 0.6) is 0 Å². The first-order valence-corrected chi connectivity index (χ1v) is 6.70. The summed E-state index contributed by atoms with van der Waals surface area (Å²) in [5.74, 6) is -0.892. The van der Waals surface area contributed by atoms with Crippen molar-refractivity contribution in [1.82, 2.24) is 9.78 Å². The first-order chi connectivity index (χ1) is 9.95. The summed E-state index contributed by atoms with van der Waals surface area (Å²) >= 11 is 0. The van der Waals surface area contributed by atoms with Crippen LogP contribution in [0.2, 0.25) is 0 Å². The quantitative estimate of drug-likeness (QED) is 0.922. The van der Waals surface area contributed by atoms with Crippen molar-refractivity contribution in [3.8, 4) is 0 Å². The van der Waals surface area contributed by atoms with Crippen molar-refractivity contribution in [2.75, 3.05) is 11.9 Å². The van der Waals surface area contributed by atoms with E-state index in [0.29, 0.717) is 11.6 Å². The summed E-state index contributed by atoms with van der Waals surface area (Å²) in [7, 11) is 0. The van der Waals surface area contributed by atoms with Gasteiger partial charge in [-0.15, -0.1) is 0 Å². The van der Waals surface area contributed by atoms with Crippen molar-refractivity contribution in [3.05, 3.63) is 58.0 Å². The van der Waals surface area contributed by atoms with E-state index < -0.39 is 11.6 Å². The Labute approximate surface area is 121 Å². The minimum Gasteiger partial charge on any atom is -0.383 e. The fraction of sp³-hybridized carbons (Fsp3) is 0.333. The molecule has 2 aromatic rings. The van der Waals surface area contributed by atoms with Crippen molar-refractivity contribution in [2.24, 2.45) is 5.92 Å². The van der Waals surface area contributed by atoms with E-state index in [2.05, 4.69) is 24.3 Å². The number of rotatable bonds is 5. The van der Waals surface area contributed by atoms with Gasteiger partial charge >= 0.3 is 0 Å². The Morgan fingerprint density at radius 2 is 2.05 bits per heavy atom. The lowest BCUT2D eigenvalue weighted by Crippen LogP contribution is -2.24. The highest BCUT2D eigenvalue weighted by Gasteiger charge is 2.07. The van der Waals surface area contributed by atoms with Gasteiger partial charge < -0.3 is 5.32 Å². The molecule has 1 heterocycles. The van der Waals surface area contributed by atoms with Gasteiger partial charge in [0.2, 0.25) is 0 Å². The first-order valence-electron chi connectivity index (χ1n) is 6.70. The van der Waals surface area contributed by atoms with Crippen molar-refractivity contribution >= 4 is 5.69 Å². The van der Waals surface area contributed by atoms with Crippen molar-refractivity contribution in [3.63, 3.8) is 0 Å². The van der Waals surface area contributed by atoms with Crippen LogP contribution in [-0.2, 0) is 6.54 Å². The minimum absolute atomic E-state index is 0.0323. The predicted octanol–water partition coefficient (Wildman–Crippen LogP) is 2.64. The highest BCUT2D eigenvalue weighted by molar-refractivity contribution is 5.38. The average molecular weight is 293 g/mol. The molecule has 2 rings (SSSR count). The second-order valence-electron chi connectivity index (χ2n) is 5.25. The number of benzene rings is 1. The van der Waals surface area contributed by atoms with Gasteiger partial charge in [-0.05, 0) is 12.0 Å². The van der Waals surface area contributed by atoms with Crippen molar-refractivity contribution < 1.29 is 8.78 Å². The van der Waals surface area contributed by atoms with Gasteiger partial charge in [-0.25, -0.2) is 13.5 Å². The molecular formula is C15H17F2N3O. The van der Waals surface area contributed by atoms with E-state index in [1.165, 1.54) is 18.3 Å². The Morgan fingerprint density at radius 3 is 2.67 bits per heavy atom. The second-order valence-corrected chi connectivity index (χ2v) is 5.25. The molecule has 0 saturated heterocycles. The van der Waals surface area contributed by atoms with Crippen LogP contribution in [0.4, 0.5) is 14.5 Å². The van der Waals surface area contributed by atoms with Gasteiger partial charge in [-0.1, -0.05) is 19.9 Å². The maximum Gasteiger partial charge on any atom is 0.269 e. The highest BCUT2D eigenvalue weighted by Crippen LogP contribution is 2.10. The van der Waals surface area contributed by atoms with Crippen LogP contribution < -0.4 is 10.9 Å². The van der Waals surface area contributed by atoms with Crippen LogP contribution >= 0.6 is 0 Å². The molecule has 6 heteroatoms. The van der Waals surface area contributed by atoms with Crippen LogP contribution in [0.25, 0.3) is 0 Å². The molecule has 0 spiro atoms. The number of nitrogens with one attached hydrogen (secondary N) is 1. The molecule has 0 radical (unpaired) electrons. The molecule has 1 aromatic carbocycles. The predicted molar refractivity (Wildman–Crippen MR) is 77.3 cm³/mol. The Kier molecular flexibility index (Phi) is 4.67. The molecule has 1 N–H and O–H groups in total. The third-order valence-electron chi connectivity index (χ3n) is 2.92. The van der Waals surface area contributed by atoms with Gasteiger partial charge in [-0.3, -0.25) is 4.79 Å². The lowest BCUT2D eigenvalue weighted by atomic mass is 10.2. The van der Waals surface area contributed by atoms with Gasteiger partial charge in [0.25, 0.3) is 5.56 Å². The zero-order chi connectivity index (χ0) is 15.4. The van der Waals surface area contributed by atoms with Gasteiger partial charge in [0.1, 0.15) is 11.6 Å². The van der Waals surface area contributed by atoms with E-state index in [0.717, 1.165) is 23.4 Å². The Balaban J connectivity index is 2.16. The minimum atomic E-state index is -0.689. The molecule has 21 heavy (non-hydrogen) atoms. The van der Waals surface area contributed by atoms with Crippen LogP contribution in [0, 0.1) is 17.6 Å². The van der Waals surface area contributed by atoms with E-state index in [9.17, 15) is 13.6 Å². The van der Waals surface area contributed by atoms with E-state index in [4.69, 9.17) is 0 Å². The molecule has 0 aliphatic heterocycles. The molecule has 0 saturated carbocycles. The average Bonchev–Trinajstić information content (AvgIpc) is 2.42. The number of aromatic nitrogens is 2. The molecule has 112 valence electrons. The highest BCUT2D eigenvalue weighted by atomic mass is 19.1. The summed E-state index contributed by atoms with van der Waals surface area (Å²) < 4.78 is 27.5. The Hall–Kier alpha value is -2.24. The molecule has 0 unspecified atom stereocenters. The number of anilines is 1. The fourth-order valence-corrected chi connectivity index (χ4v) is 1.78. The summed E-state index contributed by atoms with van der Waals surface area (Å²) in [6, 6.07) is 4.67. The monoisotopic (exact) mass is 293 g/mol. The molecule has 0 atom stereocenters. The number of halogens is 2. The zero-order valence-electron chi connectivity index (χ0n) is 11.9. The third-order valence-corrected chi connectivity index (χ3v) is 2.92. The van der Waals surface area contributed by atoms with Crippen LogP contribution in [0.3, 0.4) is 0 Å². The molecule has 4 nitrogen and oxygen atoms in total. The molecule has 0 bridgehead atoms.